The first-order chi connectivity index (χ1) is 19.0. The van der Waals surface area contributed by atoms with Crippen molar-refractivity contribution in [2.75, 3.05) is 38.6 Å². The Hall–Kier alpha value is -4.46. The summed E-state index contributed by atoms with van der Waals surface area (Å²) in [5, 5.41) is 5.63. The van der Waals surface area contributed by atoms with Crippen LogP contribution in [0.4, 0.5) is 11.4 Å². The molecule has 0 heterocycles. The van der Waals surface area contributed by atoms with Gasteiger partial charge in [-0.2, -0.15) is 0 Å². The molecule has 206 valence electrons. The maximum absolute atomic E-state index is 12.7. The lowest BCUT2D eigenvalue weighted by Crippen LogP contribution is -2.14. The van der Waals surface area contributed by atoms with Crippen molar-refractivity contribution < 1.29 is 28.5 Å². The van der Waals surface area contributed by atoms with E-state index in [2.05, 4.69) is 17.6 Å². The fourth-order valence-electron chi connectivity index (χ4n) is 3.84. The van der Waals surface area contributed by atoms with Crippen molar-refractivity contribution in [3.05, 3.63) is 77.9 Å². The van der Waals surface area contributed by atoms with E-state index in [1.165, 1.54) is 33.1 Å². The van der Waals surface area contributed by atoms with Crippen LogP contribution in [0.25, 0.3) is 6.08 Å². The fourth-order valence-corrected chi connectivity index (χ4v) is 3.84. The number of hydrogen-bond acceptors (Lipinski definition) is 6. The van der Waals surface area contributed by atoms with E-state index < -0.39 is 0 Å². The van der Waals surface area contributed by atoms with Gasteiger partial charge in [0.05, 0.1) is 39.3 Å². The Balaban J connectivity index is 1.68. The van der Waals surface area contributed by atoms with Gasteiger partial charge in [0.1, 0.15) is 11.5 Å². The van der Waals surface area contributed by atoms with E-state index in [9.17, 15) is 9.59 Å². The normalized spacial score (nSPS) is 10.7. The third-order valence-corrected chi connectivity index (χ3v) is 5.93. The first-order valence-corrected chi connectivity index (χ1v) is 12.9. The molecule has 3 aromatic rings. The molecule has 2 amide bonds. The number of anilines is 2. The Labute approximate surface area is 229 Å². The van der Waals surface area contributed by atoms with Gasteiger partial charge in [0, 0.05) is 23.8 Å². The number of methoxy groups -OCH3 is 3. The second kappa shape index (κ2) is 15.1. The third-order valence-electron chi connectivity index (χ3n) is 5.93. The van der Waals surface area contributed by atoms with Gasteiger partial charge < -0.3 is 29.6 Å². The van der Waals surface area contributed by atoms with E-state index >= 15 is 0 Å². The van der Waals surface area contributed by atoms with Crippen LogP contribution in [0.15, 0.2) is 66.7 Å². The largest absolute Gasteiger partial charge is 0.494 e. The van der Waals surface area contributed by atoms with Crippen LogP contribution in [0, 0.1) is 0 Å². The second-order valence-electron chi connectivity index (χ2n) is 8.71. The Morgan fingerprint density at radius 1 is 0.744 bits per heavy atom. The summed E-state index contributed by atoms with van der Waals surface area (Å²) in [6.45, 7) is 2.81. The molecule has 3 aromatic carbocycles. The Morgan fingerprint density at radius 2 is 1.41 bits per heavy atom. The topological polar surface area (TPSA) is 95.1 Å². The summed E-state index contributed by atoms with van der Waals surface area (Å²) in [6, 6.07) is 17.6. The number of carbonyl (C=O) groups excluding carboxylic acids is 2. The summed E-state index contributed by atoms with van der Waals surface area (Å²) in [5.74, 6) is 1.35. The number of nitrogens with one attached hydrogen (secondary N) is 2. The minimum atomic E-state index is -0.369. The smallest absolute Gasteiger partial charge is 0.255 e. The van der Waals surface area contributed by atoms with E-state index in [-0.39, 0.29) is 11.8 Å². The zero-order chi connectivity index (χ0) is 28.0. The fraction of sp³-hybridized carbons (Fsp3) is 0.290. The summed E-state index contributed by atoms with van der Waals surface area (Å²) in [5.41, 5.74) is 2.09. The standard InChI is InChI=1S/C31H36N2O6/c1-5-6-7-11-18-39-26-16-14-22(19-29(26)38-4)15-17-30(34)32-24-20-28(37-3)25(21-27(24)36-2)33-31(35)23-12-9-8-10-13-23/h8-10,12-17,19-21H,5-7,11,18H2,1-4H3,(H,32,34)(H,33,35)/b17-15+. The minimum Gasteiger partial charge on any atom is -0.494 e. The van der Waals surface area contributed by atoms with Gasteiger partial charge in [0.15, 0.2) is 11.5 Å². The van der Waals surface area contributed by atoms with Gasteiger partial charge in [-0.05, 0) is 42.3 Å². The maximum atomic E-state index is 12.7. The molecule has 0 saturated carbocycles. The van der Waals surface area contributed by atoms with E-state index in [1.54, 1.807) is 49.6 Å². The molecule has 0 bridgehead atoms. The van der Waals surface area contributed by atoms with Gasteiger partial charge in [0.2, 0.25) is 5.91 Å². The van der Waals surface area contributed by atoms with Crippen molar-refractivity contribution in [1.82, 2.24) is 0 Å². The van der Waals surface area contributed by atoms with Gasteiger partial charge in [-0.15, -0.1) is 0 Å². The zero-order valence-electron chi connectivity index (χ0n) is 22.9. The van der Waals surface area contributed by atoms with Gasteiger partial charge in [-0.1, -0.05) is 50.5 Å². The van der Waals surface area contributed by atoms with Crippen molar-refractivity contribution in [2.24, 2.45) is 0 Å². The van der Waals surface area contributed by atoms with Crippen molar-refractivity contribution >= 4 is 29.3 Å². The first kappa shape index (κ1) is 29.1. The van der Waals surface area contributed by atoms with Crippen molar-refractivity contribution in [2.45, 2.75) is 32.6 Å². The highest BCUT2D eigenvalue weighted by Gasteiger charge is 2.16. The number of benzene rings is 3. The number of hydrogen-bond donors (Lipinski definition) is 2. The van der Waals surface area contributed by atoms with E-state index in [1.807, 2.05) is 24.3 Å². The Bertz CT molecular complexity index is 1270. The Morgan fingerprint density at radius 3 is 2.05 bits per heavy atom. The van der Waals surface area contributed by atoms with Gasteiger partial charge in [-0.3, -0.25) is 9.59 Å². The SMILES string of the molecule is CCCCCCOc1ccc(/C=C/C(=O)Nc2cc(OC)c(NC(=O)c3ccccc3)cc2OC)cc1OC. The number of rotatable bonds is 14. The lowest BCUT2D eigenvalue weighted by atomic mass is 10.1. The molecule has 0 aliphatic heterocycles. The number of amides is 2. The van der Waals surface area contributed by atoms with Gasteiger partial charge >= 0.3 is 0 Å². The summed E-state index contributed by atoms with van der Waals surface area (Å²) in [6.07, 6.45) is 7.60. The highest BCUT2D eigenvalue weighted by atomic mass is 16.5. The highest BCUT2D eigenvalue weighted by Crippen LogP contribution is 2.37. The molecule has 8 nitrogen and oxygen atoms in total. The predicted octanol–water partition coefficient (Wildman–Crippen LogP) is 6.58. The molecule has 3 rings (SSSR count). The van der Waals surface area contributed by atoms with Crippen LogP contribution >= 0.6 is 0 Å². The molecule has 0 unspecified atom stereocenters. The number of carbonyl (C=O) groups is 2. The predicted molar refractivity (Wildman–Crippen MR) is 154 cm³/mol. The molecule has 0 fully saturated rings. The summed E-state index contributed by atoms with van der Waals surface area (Å²) in [4.78, 5) is 25.3. The van der Waals surface area contributed by atoms with Crippen LogP contribution in [0.1, 0.15) is 48.5 Å². The van der Waals surface area contributed by atoms with Gasteiger partial charge in [0.25, 0.3) is 5.91 Å². The molecule has 0 spiro atoms. The van der Waals surface area contributed by atoms with Crippen molar-refractivity contribution in [3.8, 4) is 23.0 Å². The highest BCUT2D eigenvalue weighted by molar-refractivity contribution is 6.06. The number of unbranched alkanes of at least 4 members (excludes halogenated alkanes) is 3. The zero-order valence-corrected chi connectivity index (χ0v) is 22.9. The van der Waals surface area contributed by atoms with Crippen LogP contribution in [-0.2, 0) is 4.79 Å². The molecule has 0 radical (unpaired) electrons. The maximum Gasteiger partial charge on any atom is 0.255 e. The average molecular weight is 533 g/mol. The lowest BCUT2D eigenvalue weighted by Gasteiger charge is -2.16. The molecule has 8 heteroatoms. The third kappa shape index (κ3) is 8.53. The quantitative estimate of drug-likeness (QED) is 0.180. The molecule has 2 N–H and O–H groups in total. The van der Waals surface area contributed by atoms with Crippen LogP contribution in [0.2, 0.25) is 0 Å². The average Bonchev–Trinajstić information content (AvgIpc) is 2.97. The van der Waals surface area contributed by atoms with Crippen molar-refractivity contribution in [3.63, 3.8) is 0 Å². The van der Waals surface area contributed by atoms with E-state index in [0.717, 1.165) is 18.4 Å². The first-order valence-electron chi connectivity index (χ1n) is 12.9. The molecule has 0 aliphatic rings. The molecular formula is C31H36N2O6. The van der Waals surface area contributed by atoms with E-state index in [0.29, 0.717) is 46.5 Å². The molecular weight excluding hydrogens is 496 g/mol. The van der Waals surface area contributed by atoms with Crippen LogP contribution in [0.5, 0.6) is 23.0 Å². The van der Waals surface area contributed by atoms with Gasteiger partial charge in [-0.25, -0.2) is 0 Å². The molecule has 39 heavy (non-hydrogen) atoms. The van der Waals surface area contributed by atoms with Crippen LogP contribution in [-0.4, -0.2) is 39.8 Å². The summed E-state index contributed by atoms with van der Waals surface area (Å²) in [7, 11) is 4.55. The lowest BCUT2D eigenvalue weighted by molar-refractivity contribution is -0.111. The Kier molecular flexibility index (Phi) is 11.2. The van der Waals surface area contributed by atoms with Crippen molar-refractivity contribution in [1.29, 1.82) is 0 Å². The molecule has 0 aromatic heterocycles. The van der Waals surface area contributed by atoms with E-state index in [4.69, 9.17) is 18.9 Å². The number of ether oxygens (including phenoxy) is 4. The molecule has 0 atom stereocenters. The summed E-state index contributed by atoms with van der Waals surface area (Å²) < 4.78 is 22.2. The monoisotopic (exact) mass is 532 g/mol. The molecule has 0 aliphatic carbocycles. The van der Waals surface area contributed by atoms with Crippen LogP contribution < -0.4 is 29.6 Å². The summed E-state index contributed by atoms with van der Waals surface area (Å²) >= 11 is 0. The second-order valence-corrected chi connectivity index (χ2v) is 8.71. The molecule has 0 saturated heterocycles. The minimum absolute atomic E-state index is 0.293. The van der Waals surface area contributed by atoms with Crippen LogP contribution in [0.3, 0.4) is 0 Å².